The molecule has 0 radical (unpaired) electrons. The predicted octanol–water partition coefficient (Wildman–Crippen LogP) is -0.180. The Morgan fingerprint density at radius 1 is 1.31 bits per heavy atom. The number of carbonyl (C=O) groups excluding carboxylic acids is 1. The van der Waals surface area contributed by atoms with Crippen LogP contribution in [0.5, 0.6) is 0 Å². The highest BCUT2D eigenvalue weighted by molar-refractivity contribution is 5.85. The van der Waals surface area contributed by atoms with Crippen molar-refractivity contribution in [2.45, 2.75) is 19.4 Å². The second-order valence-corrected chi connectivity index (χ2v) is 5.22. The Hall–Kier alpha value is -0.450. The third-order valence-corrected chi connectivity index (χ3v) is 3.98. The molecule has 0 aromatic carbocycles. The highest BCUT2D eigenvalue weighted by Gasteiger charge is 2.41. The maximum absolute atomic E-state index is 12.0. The molecule has 0 saturated carbocycles. The van der Waals surface area contributed by atoms with Crippen molar-refractivity contribution >= 4 is 5.78 Å². The van der Waals surface area contributed by atoms with E-state index in [1.165, 1.54) is 0 Å². The third kappa shape index (κ3) is 2.14. The van der Waals surface area contributed by atoms with E-state index in [1.807, 2.05) is 0 Å². The standard InChI is InChI=1S/C12H22N2O2/c1-3-11(8-15)14-6-9-4-13(2)5-10(7-14)12(9)16/h9-11,15H,3-8H2,1-2H3/t9-,10+,11-/m0/s1. The van der Waals surface area contributed by atoms with Gasteiger partial charge in [0.25, 0.3) is 0 Å². The van der Waals surface area contributed by atoms with Gasteiger partial charge >= 0.3 is 0 Å². The fraction of sp³-hybridized carbons (Fsp3) is 0.917. The summed E-state index contributed by atoms with van der Waals surface area (Å²) in [5.41, 5.74) is 0. The first-order valence-electron chi connectivity index (χ1n) is 6.22. The van der Waals surface area contributed by atoms with Crippen LogP contribution in [0.4, 0.5) is 0 Å². The zero-order valence-corrected chi connectivity index (χ0v) is 10.2. The van der Waals surface area contributed by atoms with Crippen LogP contribution < -0.4 is 0 Å². The van der Waals surface area contributed by atoms with E-state index in [-0.39, 0.29) is 24.5 Å². The fourth-order valence-electron chi connectivity index (χ4n) is 3.08. The Morgan fingerprint density at radius 2 is 1.88 bits per heavy atom. The summed E-state index contributed by atoms with van der Waals surface area (Å²) in [7, 11) is 2.09. The van der Waals surface area contributed by atoms with Gasteiger partial charge in [-0.05, 0) is 13.5 Å². The highest BCUT2D eigenvalue weighted by atomic mass is 16.3. The van der Waals surface area contributed by atoms with Crippen LogP contribution >= 0.6 is 0 Å². The van der Waals surface area contributed by atoms with E-state index >= 15 is 0 Å². The minimum absolute atomic E-state index is 0.165. The van der Waals surface area contributed by atoms with Crippen molar-refractivity contribution in [3.05, 3.63) is 0 Å². The van der Waals surface area contributed by atoms with E-state index < -0.39 is 0 Å². The molecule has 92 valence electrons. The minimum atomic E-state index is 0.165. The second kappa shape index (κ2) is 4.82. The molecule has 0 unspecified atom stereocenters. The molecule has 0 aliphatic carbocycles. The molecule has 16 heavy (non-hydrogen) atoms. The molecule has 0 aromatic heterocycles. The quantitative estimate of drug-likeness (QED) is 0.725. The van der Waals surface area contributed by atoms with Crippen LogP contribution in [0.3, 0.4) is 0 Å². The van der Waals surface area contributed by atoms with Crippen molar-refractivity contribution in [1.29, 1.82) is 0 Å². The van der Waals surface area contributed by atoms with Crippen LogP contribution in [0.1, 0.15) is 13.3 Å². The largest absolute Gasteiger partial charge is 0.395 e. The molecule has 2 aliphatic rings. The average molecular weight is 226 g/mol. The van der Waals surface area contributed by atoms with E-state index in [1.54, 1.807) is 0 Å². The van der Waals surface area contributed by atoms with Crippen LogP contribution in [-0.2, 0) is 4.79 Å². The SMILES string of the molecule is CC[C@@H](CO)N1C[C@H]2CN(C)C[C@@H](C1)C2=O. The minimum Gasteiger partial charge on any atom is -0.395 e. The number of likely N-dealkylation sites (tertiary alicyclic amines) is 2. The van der Waals surface area contributed by atoms with Crippen molar-refractivity contribution in [2.75, 3.05) is 39.8 Å². The number of aliphatic hydroxyl groups is 1. The van der Waals surface area contributed by atoms with E-state index in [4.69, 9.17) is 0 Å². The van der Waals surface area contributed by atoms with Gasteiger partial charge in [0.05, 0.1) is 6.61 Å². The van der Waals surface area contributed by atoms with Crippen LogP contribution in [0, 0.1) is 11.8 Å². The number of nitrogens with zero attached hydrogens (tertiary/aromatic N) is 2. The van der Waals surface area contributed by atoms with Crippen molar-refractivity contribution < 1.29 is 9.90 Å². The fourth-order valence-corrected chi connectivity index (χ4v) is 3.08. The Labute approximate surface area is 97.2 Å². The maximum atomic E-state index is 12.0. The zero-order chi connectivity index (χ0) is 11.7. The molecule has 0 spiro atoms. The molecule has 3 atom stereocenters. The lowest BCUT2D eigenvalue weighted by atomic mass is 9.82. The molecule has 0 amide bonds. The molecule has 2 heterocycles. The first-order chi connectivity index (χ1) is 7.65. The molecule has 2 aliphatic heterocycles. The molecule has 0 aromatic rings. The Morgan fingerprint density at radius 3 is 2.31 bits per heavy atom. The number of Topliss-reactive ketones (excluding diaryl/α,β-unsaturated/α-hetero) is 1. The Balaban J connectivity index is 2.05. The molecule has 4 heteroatoms. The van der Waals surface area contributed by atoms with Gasteiger partial charge in [0, 0.05) is 44.1 Å². The van der Waals surface area contributed by atoms with E-state index in [9.17, 15) is 9.90 Å². The zero-order valence-electron chi connectivity index (χ0n) is 10.2. The van der Waals surface area contributed by atoms with Crippen LogP contribution in [0.25, 0.3) is 0 Å². The average Bonchev–Trinajstić information content (AvgIpc) is 2.23. The predicted molar refractivity (Wildman–Crippen MR) is 62.2 cm³/mol. The Kier molecular flexibility index (Phi) is 3.62. The molecule has 4 nitrogen and oxygen atoms in total. The van der Waals surface area contributed by atoms with Gasteiger partial charge in [-0.3, -0.25) is 9.69 Å². The summed E-state index contributed by atoms with van der Waals surface area (Å²) >= 11 is 0. The van der Waals surface area contributed by atoms with Gasteiger partial charge in [0.15, 0.2) is 0 Å². The van der Waals surface area contributed by atoms with E-state index in [0.29, 0.717) is 5.78 Å². The first kappa shape index (κ1) is 12.0. The first-order valence-corrected chi connectivity index (χ1v) is 6.22. The summed E-state index contributed by atoms with van der Waals surface area (Å²) in [5.74, 6) is 0.776. The van der Waals surface area contributed by atoms with E-state index in [0.717, 1.165) is 32.6 Å². The molecule has 2 rings (SSSR count). The molecular weight excluding hydrogens is 204 g/mol. The van der Waals surface area contributed by atoms with Crippen LogP contribution in [0.2, 0.25) is 0 Å². The summed E-state index contributed by atoms with van der Waals surface area (Å²) in [6.07, 6.45) is 0.958. The molecule has 2 bridgehead atoms. The molecular formula is C12H22N2O2. The van der Waals surface area contributed by atoms with Gasteiger partial charge in [-0.2, -0.15) is 0 Å². The smallest absolute Gasteiger partial charge is 0.144 e. The number of hydrogen-bond acceptors (Lipinski definition) is 4. The lowest BCUT2D eigenvalue weighted by molar-refractivity contribution is -0.138. The number of rotatable bonds is 3. The highest BCUT2D eigenvalue weighted by Crippen LogP contribution is 2.26. The lowest BCUT2D eigenvalue weighted by Crippen LogP contribution is -2.59. The Bertz CT molecular complexity index is 248. The number of ketones is 1. The van der Waals surface area contributed by atoms with Crippen molar-refractivity contribution in [3.8, 4) is 0 Å². The summed E-state index contributed by atoms with van der Waals surface area (Å²) in [4.78, 5) is 16.5. The number of hydrogen-bond donors (Lipinski definition) is 1. The second-order valence-electron chi connectivity index (χ2n) is 5.22. The topological polar surface area (TPSA) is 43.8 Å². The van der Waals surface area contributed by atoms with Gasteiger partial charge < -0.3 is 10.0 Å². The van der Waals surface area contributed by atoms with Gasteiger partial charge in [-0.1, -0.05) is 6.92 Å². The van der Waals surface area contributed by atoms with Gasteiger partial charge in [0.1, 0.15) is 5.78 Å². The monoisotopic (exact) mass is 226 g/mol. The number of piperidine rings is 2. The molecule has 2 saturated heterocycles. The van der Waals surface area contributed by atoms with E-state index in [2.05, 4.69) is 23.8 Å². The normalized spacial score (nSPS) is 34.1. The number of carbonyl (C=O) groups is 1. The van der Waals surface area contributed by atoms with Gasteiger partial charge in [-0.25, -0.2) is 0 Å². The maximum Gasteiger partial charge on any atom is 0.144 e. The van der Waals surface area contributed by atoms with Crippen molar-refractivity contribution in [1.82, 2.24) is 9.80 Å². The number of fused-ring (bicyclic) bond motifs is 2. The molecule has 1 N–H and O–H groups in total. The van der Waals surface area contributed by atoms with Crippen molar-refractivity contribution in [2.24, 2.45) is 11.8 Å². The van der Waals surface area contributed by atoms with Gasteiger partial charge in [0.2, 0.25) is 0 Å². The summed E-state index contributed by atoms with van der Waals surface area (Å²) in [6.45, 7) is 5.73. The molecule has 2 fully saturated rings. The third-order valence-electron chi connectivity index (χ3n) is 3.98. The number of aliphatic hydroxyl groups excluding tert-OH is 1. The van der Waals surface area contributed by atoms with Crippen LogP contribution in [0.15, 0.2) is 0 Å². The van der Waals surface area contributed by atoms with Gasteiger partial charge in [-0.15, -0.1) is 0 Å². The summed E-state index contributed by atoms with van der Waals surface area (Å²) < 4.78 is 0. The lowest BCUT2D eigenvalue weighted by Gasteiger charge is -2.45. The van der Waals surface area contributed by atoms with Crippen molar-refractivity contribution in [3.63, 3.8) is 0 Å². The van der Waals surface area contributed by atoms with Crippen LogP contribution in [-0.4, -0.2) is 66.6 Å². The summed E-state index contributed by atoms with van der Waals surface area (Å²) in [6, 6.07) is 0.238. The summed E-state index contributed by atoms with van der Waals surface area (Å²) in [5, 5.41) is 9.32.